The van der Waals surface area contributed by atoms with Gasteiger partial charge in [-0.2, -0.15) is 0 Å². The fourth-order valence-corrected chi connectivity index (χ4v) is 2.16. The average Bonchev–Trinajstić information content (AvgIpc) is 2.17. The van der Waals surface area contributed by atoms with Crippen molar-refractivity contribution in [2.75, 3.05) is 26.4 Å². The number of anilines is 1. The molecule has 0 aliphatic heterocycles. The Kier molecular flexibility index (Phi) is 2.78. The van der Waals surface area contributed by atoms with Gasteiger partial charge in [0.1, 0.15) is 0 Å². The van der Waals surface area contributed by atoms with Gasteiger partial charge in [0.2, 0.25) is 0 Å². The van der Waals surface area contributed by atoms with Crippen LogP contribution in [0.1, 0.15) is 17.5 Å². The molecule has 2 rings (SSSR count). The molecule has 0 heterocycles. The van der Waals surface area contributed by atoms with E-state index < -0.39 is 0 Å². The minimum Gasteiger partial charge on any atom is -0.398 e. The first kappa shape index (κ1) is 10.2. The average molecular weight is 202 g/mol. The third-order valence-corrected chi connectivity index (χ3v) is 2.82. The second-order valence-corrected chi connectivity index (χ2v) is 4.46. The van der Waals surface area contributed by atoms with Gasteiger partial charge in [-0.3, -0.25) is 0 Å². The molecule has 2 nitrogen and oxygen atoms in total. The number of nitrogens with zero attached hydrogens (tertiary/aromatic N) is 1. The quantitative estimate of drug-likeness (QED) is 0.745. The standard InChI is InChI=1S/C13H18N2/c1-15(2)9-10-6-7-12-11(8-10)4-3-5-13(12)14/h3-5,8H,6-7,9,14H2,1-2H3. The molecule has 80 valence electrons. The molecule has 1 aliphatic carbocycles. The Morgan fingerprint density at radius 1 is 1.27 bits per heavy atom. The summed E-state index contributed by atoms with van der Waals surface area (Å²) in [4.78, 5) is 2.21. The highest BCUT2D eigenvalue weighted by Gasteiger charge is 2.12. The van der Waals surface area contributed by atoms with Gasteiger partial charge in [-0.05, 0) is 44.1 Å². The van der Waals surface area contributed by atoms with Crippen molar-refractivity contribution in [3.63, 3.8) is 0 Å². The number of benzene rings is 1. The molecule has 1 aromatic rings. The zero-order chi connectivity index (χ0) is 10.8. The van der Waals surface area contributed by atoms with Crippen LogP contribution in [0.5, 0.6) is 0 Å². The van der Waals surface area contributed by atoms with Gasteiger partial charge in [0, 0.05) is 12.2 Å². The monoisotopic (exact) mass is 202 g/mol. The van der Waals surface area contributed by atoms with Crippen LogP contribution >= 0.6 is 0 Å². The van der Waals surface area contributed by atoms with E-state index in [4.69, 9.17) is 5.73 Å². The summed E-state index contributed by atoms with van der Waals surface area (Å²) in [5.74, 6) is 0. The lowest BCUT2D eigenvalue weighted by atomic mass is 9.91. The molecule has 1 aliphatic rings. The van der Waals surface area contributed by atoms with Crippen molar-refractivity contribution >= 4 is 11.8 Å². The SMILES string of the molecule is CN(C)CC1=Cc2cccc(N)c2CC1. The van der Waals surface area contributed by atoms with E-state index in [1.54, 1.807) is 0 Å². The van der Waals surface area contributed by atoms with Crippen LogP contribution in [0.4, 0.5) is 5.69 Å². The number of likely N-dealkylation sites (N-methyl/N-ethyl adjacent to an activating group) is 1. The van der Waals surface area contributed by atoms with Crippen molar-refractivity contribution in [2.24, 2.45) is 0 Å². The Hall–Kier alpha value is -1.28. The summed E-state index contributed by atoms with van der Waals surface area (Å²) < 4.78 is 0. The maximum atomic E-state index is 5.95. The zero-order valence-corrected chi connectivity index (χ0v) is 9.46. The van der Waals surface area contributed by atoms with Crippen LogP contribution < -0.4 is 5.73 Å². The molecule has 0 unspecified atom stereocenters. The Labute approximate surface area is 91.4 Å². The van der Waals surface area contributed by atoms with Gasteiger partial charge in [0.15, 0.2) is 0 Å². The molecule has 0 saturated heterocycles. The lowest BCUT2D eigenvalue weighted by Crippen LogP contribution is -2.17. The normalized spacial score (nSPS) is 15.0. The molecule has 0 aromatic heterocycles. The summed E-state index contributed by atoms with van der Waals surface area (Å²) in [6.45, 7) is 1.05. The molecule has 0 amide bonds. The lowest BCUT2D eigenvalue weighted by molar-refractivity contribution is 0.440. The number of hydrogen-bond donors (Lipinski definition) is 1. The van der Waals surface area contributed by atoms with Crippen LogP contribution in [0.15, 0.2) is 23.8 Å². The molecule has 2 N–H and O–H groups in total. The maximum Gasteiger partial charge on any atom is 0.0352 e. The summed E-state index contributed by atoms with van der Waals surface area (Å²) in [5.41, 5.74) is 11.0. The molecule has 1 aromatic carbocycles. The highest BCUT2D eigenvalue weighted by molar-refractivity contribution is 5.66. The van der Waals surface area contributed by atoms with Crippen molar-refractivity contribution in [2.45, 2.75) is 12.8 Å². The van der Waals surface area contributed by atoms with Gasteiger partial charge < -0.3 is 10.6 Å². The van der Waals surface area contributed by atoms with E-state index in [2.05, 4.69) is 31.1 Å². The third-order valence-electron chi connectivity index (χ3n) is 2.82. The van der Waals surface area contributed by atoms with Crippen molar-refractivity contribution in [1.29, 1.82) is 0 Å². The molecule has 0 spiro atoms. The molecule has 15 heavy (non-hydrogen) atoms. The van der Waals surface area contributed by atoms with Gasteiger partial charge >= 0.3 is 0 Å². The van der Waals surface area contributed by atoms with E-state index in [1.807, 2.05) is 12.1 Å². The van der Waals surface area contributed by atoms with Gasteiger partial charge in [0.25, 0.3) is 0 Å². The van der Waals surface area contributed by atoms with E-state index in [0.717, 1.165) is 25.1 Å². The zero-order valence-electron chi connectivity index (χ0n) is 9.46. The van der Waals surface area contributed by atoms with Crippen LogP contribution in [0.25, 0.3) is 6.08 Å². The highest BCUT2D eigenvalue weighted by atomic mass is 15.0. The first-order chi connectivity index (χ1) is 7.16. The number of hydrogen-bond acceptors (Lipinski definition) is 2. The maximum absolute atomic E-state index is 5.95. The Morgan fingerprint density at radius 3 is 2.80 bits per heavy atom. The number of rotatable bonds is 2. The Bertz CT molecular complexity index is 392. The molecular formula is C13H18N2. The van der Waals surface area contributed by atoms with Crippen LogP contribution in [0, 0.1) is 0 Å². The van der Waals surface area contributed by atoms with Gasteiger partial charge in [0.05, 0.1) is 0 Å². The first-order valence-electron chi connectivity index (χ1n) is 5.38. The number of nitrogens with two attached hydrogens (primary N) is 1. The Morgan fingerprint density at radius 2 is 2.07 bits per heavy atom. The predicted molar refractivity (Wildman–Crippen MR) is 65.7 cm³/mol. The molecule has 0 radical (unpaired) electrons. The largest absolute Gasteiger partial charge is 0.398 e. The summed E-state index contributed by atoms with van der Waals surface area (Å²) in [6.07, 6.45) is 4.51. The second kappa shape index (κ2) is 4.07. The van der Waals surface area contributed by atoms with E-state index in [0.29, 0.717) is 0 Å². The summed E-state index contributed by atoms with van der Waals surface area (Å²) in [5, 5.41) is 0. The number of nitrogen functional groups attached to an aromatic ring is 1. The van der Waals surface area contributed by atoms with Crippen molar-refractivity contribution < 1.29 is 0 Å². The van der Waals surface area contributed by atoms with E-state index in [1.165, 1.54) is 16.7 Å². The minimum atomic E-state index is 0.938. The minimum absolute atomic E-state index is 0.938. The summed E-state index contributed by atoms with van der Waals surface area (Å²) in [6, 6.07) is 6.17. The van der Waals surface area contributed by atoms with Crippen LogP contribution in [0.2, 0.25) is 0 Å². The van der Waals surface area contributed by atoms with Crippen molar-refractivity contribution in [3.05, 3.63) is 34.9 Å². The van der Waals surface area contributed by atoms with Gasteiger partial charge in [-0.15, -0.1) is 0 Å². The van der Waals surface area contributed by atoms with Gasteiger partial charge in [-0.1, -0.05) is 23.8 Å². The molecular weight excluding hydrogens is 184 g/mol. The molecule has 0 saturated carbocycles. The first-order valence-corrected chi connectivity index (χ1v) is 5.38. The van der Waals surface area contributed by atoms with Crippen LogP contribution in [-0.2, 0) is 6.42 Å². The molecule has 0 fully saturated rings. The van der Waals surface area contributed by atoms with Crippen molar-refractivity contribution in [3.8, 4) is 0 Å². The van der Waals surface area contributed by atoms with Crippen LogP contribution in [0.3, 0.4) is 0 Å². The fourth-order valence-electron chi connectivity index (χ4n) is 2.16. The van der Waals surface area contributed by atoms with E-state index >= 15 is 0 Å². The second-order valence-electron chi connectivity index (χ2n) is 4.46. The number of fused-ring (bicyclic) bond motifs is 1. The smallest absolute Gasteiger partial charge is 0.0352 e. The van der Waals surface area contributed by atoms with Crippen LogP contribution in [-0.4, -0.2) is 25.5 Å². The summed E-state index contributed by atoms with van der Waals surface area (Å²) >= 11 is 0. The van der Waals surface area contributed by atoms with Crippen molar-refractivity contribution in [1.82, 2.24) is 4.90 Å². The lowest BCUT2D eigenvalue weighted by Gasteiger charge is -2.20. The van der Waals surface area contributed by atoms with E-state index in [-0.39, 0.29) is 0 Å². The Balaban J connectivity index is 2.29. The summed E-state index contributed by atoms with van der Waals surface area (Å²) in [7, 11) is 4.21. The van der Waals surface area contributed by atoms with E-state index in [9.17, 15) is 0 Å². The highest BCUT2D eigenvalue weighted by Crippen LogP contribution is 2.27. The third kappa shape index (κ3) is 2.21. The van der Waals surface area contributed by atoms with Gasteiger partial charge in [-0.25, -0.2) is 0 Å². The predicted octanol–water partition coefficient (Wildman–Crippen LogP) is 2.16. The fraction of sp³-hybridized carbons (Fsp3) is 0.385. The topological polar surface area (TPSA) is 29.3 Å². The molecule has 0 bridgehead atoms. The molecule has 2 heteroatoms. The molecule has 0 atom stereocenters.